The fraction of sp³-hybridized carbons (Fsp3) is 0.588. The Bertz CT molecular complexity index is 1330. The number of hydrogen-bond donors (Lipinski definition) is 8. The number of esters is 2. The number of carbonyl (C=O) groups is 2. The molecule has 2 aromatic carbocycles. The van der Waals surface area contributed by atoms with Crippen LogP contribution in [0.2, 0.25) is 0 Å². The number of carbonyl (C=O) groups excluding carboxylic acids is 2. The van der Waals surface area contributed by atoms with E-state index >= 15 is 0 Å². The van der Waals surface area contributed by atoms with Crippen LogP contribution in [0.4, 0.5) is 0 Å². The highest BCUT2D eigenvalue weighted by molar-refractivity contribution is 5.93. The highest BCUT2D eigenvalue weighted by atomic mass is 16.8. The third-order valence-corrected chi connectivity index (χ3v) is 8.27. The Balaban J connectivity index is 1.35. The number of unbranched alkanes of at least 4 members (excludes halogenated alkanes) is 2. The first-order chi connectivity index (χ1) is 24.4. The van der Waals surface area contributed by atoms with Gasteiger partial charge in [0.1, 0.15) is 96.2 Å². The van der Waals surface area contributed by atoms with E-state index in [0.717, 1.165) is 25.7 Å². The number of hydrogen-bond acceptors (Lipinski definition) is 17. The maximum absolute atomic E-state index is 12.7. The first-order valence-corrected chi connectivity index (χ1v) is 16.7. The summed E-state index contributed by atoms with van der Waals surface area (Å²) in [6.45, 7) is 3.43. The zero-order chi connectivity index (χ0) is 37.2. The Morgan fingerprint density at radius 1 is 0.608 bits per heavy atom. The predicted molar refractivity (Wildman–Crippen MR) is 172 cm³/mol. The van der Waals surface area contributed by atoms with Gasteiger partial charge in [0.25, 0.3) is 0 Å². The molecule has 284 valence electrons. The van der Waals surface area contributed by atoms with Gasteiger partial charge in [0.15, 0.2) is 12.6 Å². The van der Waals surface area contributed by atoms with Crippen molar-refractivity contribution >= 4 is 11.9 Å². The van der Waals surface area contributed by atoms with Gasteiger partial charge < -0.3 is 74.0 Å². The van der Waals surface area contributed by atoms with Gasteiger partial charge >= 0.3 is 11.9 Å². The van der Waals surface area contributed by atoms with Crippen LogP contribution in [-0.2, 0) is 23.7 Å². The highest BCUT2D eigenvalue weighted by Crippen LogP contribution is 2.30. The van der Waals surface area contributed by atoms with E-state index in [1.807, 2.05) is 13.8 Å². The second-order valence-corrected chi connectivity index (χ2v) is 12.1. The minimum atomic E-state index is -1.94. The molecule has 2 saturated heterocycles. The molecule has 0 spiro atoms. The Labute approximate surface area is 293 Å². The van der Waals surface area contributed by atoms with Crippen LogP contribution < -0.4 is 9.47 Å². The first kappa shape index (κ1) is 40.0. The van der Waals surface area contributed by atoms with E-state index in [1.165, 1.54) is 36.4 Å². The van der Waals surface area contributed by atoms with E-state index in [1.54, 1.807) is 0 Å². The normalized spacial score (nSPS) is 29.3. The number of aromatic hydroxyl groups is 2. The monoisotopic (exact) mass is 726 g/mol. The van der Waals surface area contributed by atoms with Crippen molar-refractivity contribution in [1.29, 1.82) is 0 Å². The van der Waals surface area contributed by atoms with Crippen LogP contribution >= 0.6 is 0 Å². The zero-order valence-corrected chi connectivity index (χ0v) is 28.1. The third-order valence-electron chi connectivity index (χ3n) is 8.27. The standard InChI is InChI=1S/C34H46O17/c1-3-5-11-45-17-7-9-19(21(35)13-17)31(43)47-15-23-25(37)27(39)29(41)33(49-23)51-34-30(42)28(40)26(38)24(50-34)16-48-32(44)20-10-8-18(14-22(20)36)46-12-6-4-2/h7-10,13-14,23-30,33-42H,3-6,11-12,15-16H2,1-2H3/t23-,24-,25-,26-,27+,28+,29-,30-,33-,34-/m1/s1. The summed E-state index contributed by atoms with van der Waals surface area (Å²) in [5.74, 6) is -2.20. The third kappa shape index (κ3) is 10.2. The summed E-state index contributed by atoms with van der Waals surface area (Å²) >= 11 is 0. The van der Waals surface area contributed by atoms with Crippen LogP contribution in [0.25, 0.3) is 0 Å². The number of aliphatic hydroxyl groups is 6. The van der Waals surface area contributed by atoms with E-state index in [2.05, 4.69) is 0 Å². The average molecular weight is 727 g/mol. The quantitative estimate of drug-likeness (QED) is 0.0843. The molecule has 0 aromatic heterocycles. The summed E-state index contributed by atoms with van der Waals surface area (Å²) in [6.07, 6.45) is -14.6. The zero-order valence-electron chi connectivity index (χ0n) is 28.1. The van der Waals surface area contributed by atoms with Gasteiger partial charge in [0.05, 0.1) is 13.2 Å². The molecule has 0 aliphatic carbocycles. The van der Waals surface area contributed by atoms with Crippen LogP contribution in [0.3, 0.4) is 0 Å². The molecule has 17 nitrogen and oxygen atoms in total. The van der Waals surface area contributed by atoms with Crippen LogP contribution in [-0.4, -0.2) is 141 Å². The number of aliphatic hydroxyl groups excluding tert-OH is 6. The molecule has 2 aliphatic rings. The van der Waals surface area contributed by atoms with Crippen molar-refractivity contribution in [2.75, 3.05) is 26.4 Å². The fourth-order valence-corrected chi connectivity index (χ4v) is 5.15. The molecule has 2 aliphatic heterocycles. The second kappa shape index (κ2) is 18.6. The van der Waals surface area contributed by atoms with Gasteiger partial charge in [-0.1, -0.05) is 26.7 Å². The van der Waals surface area contributed by atoms with Gasteiger partial charge in [0, 0.05) is 12.1 Å². The number of phenolic OH excluding ortho intramolecular Hbond substituents is 2. The highest BCUT2D eigenvalue weighted by Gasteiger charge is 2.50. The van der Waals surface area contributed by atoms with Crippen molar-refractivity contribution in [1.82, 2.24) is 0 Å². The van der Waals surface area contributed by atoms with Gasteiger partial charge in [0.2, 0.25) is 0 Å². The van der Waals surface area contributed by atoms with Crippen LogP contribution in [0.1, 0.15) is 60.2 Å². The molecule has 0 bridgehead atoms. The summed E-state index contributed by atoms with van der Waals surface area (Å²) in [5.41, 5.74) is -0.448. The van der Waals surface area contributed by atoms with E-state index in [-0.39, 0.29) is 11.1 Å². The number of benzene rings is 2. The summed E-state index contributed by atoms with van der Waals surface area (Å²) in [5, 5.41) is 83.7. The topological polar surface area (TPSA) is 261 Å². The summed E-state index contributed by atoms with van der Waals surface area (Å²) in [6, 6.07) is 7.96. The maximum Gasteiger partial charge on any atom is 0.342 e. The lowest BCUT2D eigenvalue weighted by atomic mass is 9.98. The molecule has 0 saturated carbocycles. The van der Waals surface area contributed by atoms with E-state index in [4.69, 9.17) is 33.2 Å². The predicted octanol–water partition coefficient (Wildman–Crippen LogP) is 0.101. The minimum Gasteiger partial charge on any atom is -0.507 e. The van der Waals surface area contributed by atoms with Gasteiger partial charge in [-0.2, -0.15) is 0 Å². The van der Waals surface area contributed by atoms with Crippen molar-refractivity contribution in [3.8, 4) is 23.0 Å². The van der Waals surface area contributed by atoms with Gasteiger partial charge in [-0.25, -0.2) is 9.59 Å². The van der Waals surface area contributed by atoms with Crippen molar-refractivity contribution < 1.29 is 83.6 Å². The molecule has 0 unspecified atom stereocenters. The Hall–Kier alpha value is -3.78. The van der Waals surface area contributed by atoms with Crippen molar-refractivity contribution in [3.63, 3.8) is 0 Å². The van der Waals surface area contributed by atoms with Crippen LogP contribution in [0.5, 0.6) is 23.0 Å². The van der Waals surface area contributed by atoms with Gasteiger partial charge in [-0.3, -0.25) is 0 Å². The molecule has 10 atom stereocenters. The Morgan fingerprint density at radius 2 is 1.00 bits per heavy atom. The Morgan fingerprint density at radius 3 is 1.35 bits per heavy atom. The van der Waals surface area contributed by atoms with Crippen molar-refractivity contribution in [2.24, 2.45) is 0 Å². The van der Waals surface area contributed by atoms with E-state index in [0.29, 0.717) is 24.7 Å². The lowest BCUT2D eigenvalue weighted by Gasteiger charge is -2.44. The molecular formula is C34H46O17. The van der Waals surface area contributed by atoms with Crippen LogP contribution in [0, 0.1) is 0 Å². The molecule has 2 fully saturated rings. The summed E-state index contributed by atoms with van der Waals surface area (Å²) in [4.78, 5) is 25.4. The Kier molecular flexibility index (Phi) is 14.6. The summed E-state index contributed by atoms with van der Waals surface area (Å²) in [7, 11) is 0. The van der Waals surface area contributed by atoms with Gasteiger partial charge in [-0.15, -0.1) is 0 Å². The lowest BCUT2D eigenvalue weighted by Crippen LogP contribution is -2.64. The first-order valence-electron chi connectivity index (χ1n) is 16.7. The van der Waals surface area contributed by atoms with E-state index in [9.17, 15) is 50.4 Å². The fourth-order valence-electron chi connectivity index (χ4n) is 5.15. The smallest absolute Gasteiger partial charge is 0.342 e. The van der Waals surface area contributed by atoms with Crippen LogP contribution in [0.15, 0.2) is 36.4 Å². The largest absolute Gasteiger partial charge is 0.507 e. The molecule has 17 heteroatoms. The SMILES string of the molecule is CCCCOc1ccc(C(=O)OC[C@H]2O[C@H](O[C@H]3O[C@H](COC(=O)c4ccc(OCCCC)cc4O)[C@@H](O)[C@H](O)[C@H]3O)[C@H](O)[C@@H](O)[C@@H]2O)c(O)c1. The maximum atomic E-state index is 12.7. The minimum absolute atomic E-state index is 0.224. The molecule has 0 radical (unpaired) electrons. The lowest BCUT2D eigenvalue weighted by molar-refractivity contribution is -0.376. The van der Waals surface area contributed by atoms with Crippen molar-refractivity contribution in [3.05, 3.63) is 47.5 Å². The molecule has 4 rings (SSSR count). The molecular weight excluding hydrogens is 680 g/mol. The summed E-state index contributed by atoms with van der Waals surface area (Å²) < 4.78 is 37.9. The molecule has 0 amide bonds. The molecule has 2 aromatic rings. The molecule has 8 N–H and O–H groups in total. The van der Waals surface area contributed by atoms with E-state index < -0.39 is 98.1 Å². The number of phenols is 2. The van der Waals surface area contributed by atoms with Gasteiger partial charge in [-0.05, 0) is 37.1 Å². The number of rotatable bonds is 16. The number of ether oxygens (including phenoxy) is 7. The molecule has 2 heterocycles. The van der Waals surface area contributed by atoms with Crippen molar-refractivity contribution in [2.45, 2.75) is 101 Å². The molecule has 51 heavy (non-hydrogen) atoms. The second-order valence-electron chi connectivity index (χ2n) is 12.1. The average Bonchev–Trinajstić information content (AvgIpc) is 3.11.